The number of amidine groups is 1. The van der Waals surface area contributed by atoms with Gasteiger partial charge in [-0.15, -0.1) is 12.4 Å². The van der Waals surface area contributed by atoms with Gasteiger partial charge in [-0.25, -0.2) is 4.99 Å². The van der Waals surface area contributed by atoms with Gasteiger partial charge in [-0.2, -0.15) is 13.2 Å². The van der Waals surface area contributed by atoms with E-state index in [1.807, 2.05) is 36.4 Å². The molecule has 4 rings (SSSR count). The Labute approximate surface area is 142 Å². The van der Waals surface area contributed by atoms with E-state index in [4.69, 9.17) is 0 Å². The van der Waals surface area contributed by atoms with Crippen molar-refractivity contribution in [3.63, 3.8) is 0 Å². The molecule has 0 amide bonds. The third-order valence-corrected chi connectivity index (χ3v) is 3.85. The highest BCUT2D eigenvalue weighted by Crippen LogP contribution is 2.36. The lowest BCUT2D eigenvalue weighted by atomic mass is 10.0. The monoisotopic (exact) mass is 348 g/mol. The topological polar surface area (TPSA) is 24.4 Å². The van der Waals surface area contributed by atoms with Crippen molar-refractivity contribution < 1.29 is 13.2 Å². The van der Waals surface area contributed by atoms with Gasteiger partial charge in [-0.3, -0.25) is 0 Å². The van der Waals surface area contributed by atoms with E-state index in [1.165, 1.54) is 12.1 Å². The van der Waals surface area contributed by atoms with E-state index in [2.05, 4.69) is 10.3 Å². The first-order valence-electron chi connectivity index (χ1n) is 7.07. The molecule has 1 N–H and O–H groups in total. The maximum atomic E-state index is 12.7. The van der Waals surface area contributed by atoms with E-state index in [0.29, 0.717) is 11.4 Å². The average Bonchev–Trinajstić information content (AvgIpc) is 2.55. The van der Waals surface area contributed by atoms with Crippen LogP contribution in [0.15, 0.2) is 65.7 Å². The van der Waals surface area contributed by atoms with Crippen molar-refractivity contribution in [2.45, 2.75) is 6.18 Å². The minimum absolute atomic E-state index is 0. The second kappa shape index (κ2) is 5.83. The lowest BCUT2D eigenvalue weighted by Gasteiger charge is -2.19. The molecule has 0 aliphatic carbocycles. The van der Waals surface area contributed by atoms with E-state index in [1.54, 1.807) is 0 Å². The molecular weight excluding hydrogens is 337 g/mol. The zero-order valence-corrected chi connectivity index (χ0v) is 13.1. The molecule has 0 saturated heterocycles. The van der Waals surface area contributed by atoms with Crippen LogP contribution in [0.3, 0.4) is 0 Å². The number of nitrogens with one attached hydrogen (secondary N) is 1. The Morgan fingerprint density at radius 2 is 1.50 bits per heavy atom. The predicted molar refractivity (Wildman–Crippen MR) is 92.5 cm³/mol. The van der Waals surface area contributed by atoms with Gasteiger partial charge in [0.25, 0.3) is 0 Å². The fourth-order valence-electron chi connectivity index (χ4n) is 2.75. The molecule has 24 heavy (non-hydrogen) atoms. The molecule has 3 aromatic carbocycles. The molecule has 0 radical (unpaired) electrons. The fraction of sp³-hybridized carbons (Fsp3) is 0.0556. The molecule has 1 aliphatic heterocycles. The summed E-state index contributed by atoms with van der Waals surface area (Å²) in [5, 5.41) is 5.30. The number of aliphatic imine (C=N–C) groups is 1. The molecule has 0 aromatic heterocycles. The summed E-state index contributed by atoms with van der Waals surface area (Å²) in [5.41, 5.74) is 1.67. The van der Waals surface area contributed by atoms with Crippen LogP contribution in [0.2, 0.25) is 0 Å². The third-order valence-electron chi connectivity index (χ3n) is 3.85. The number of hydrogen-bond donors (Lipinski definition) is 1. The smallest absolute Gasteiger partial charge is 0.339 e. The number of alkyl halides is 3. The van der Waals surface area contributed by atoms with Gasteiger partial charge in [0.1, 0.15) is 5.84 Å². The van der Waals surface area contributed by atoms with Gasteiger partial charge < -0.3 is 5.32 Å². The number of halogens is 4. The minimum Gasteiger partial charge on any atom is -0.339 e. The van der Waals surface area contributed by atoms with Gasteiger partial charge >= 0.3 is 6.18 Å². The highest BCUT2D eigenvalue weighted by molar-refractivity contribution is 6.18. The van der Waals surface area contributed by atoms with Gasteiger partial charge in [-0.05, 0) is 29.7 Å². The predicted octanol–water partition coefficient (Wildman–Crippen LogP) is 5.78. The van der Waals surface area contributed by atoms with Crippen molar-refractivity contribution in [3.05, 3.63) is 71.8 Å². The summed E-state index contributed by atoms with van der Waals surface area (Å²) in [6.07, 6.45) is -4.33. The molecule has 2 nitrogen and oxygen atoms in total. The lowest BCUT2D eigenvalue weighted by Crippen LogP contribution is -2.16. The highest BCUT2D eigenvalue weighted by atomic mass is 35.5. The standard InChI is InChI=1S/C18H11F3N2.ClH/c19-18(20,21)13-9-7-12(8-10-13)17-22-14-5-1-3-11-4-2-6-15(23-17)16(11)14;/h1-10H,(H,22,23);1H. The molecule has 6 heteroatoms. The van der Waals surface area contributed by atoms with Gasteiger partial charge in [0, 0.05) is 16.6 Å². The Hall–Kier alpha value is -2.53. The van der Waals surface area contributed by atoms with Gasteiger partial charge in [0.2, 0.25) is 0 Å². The van der Waals surface area contributed by atoms with Crippen LogP contribution in [0, 0.1) is 0 Å². The minimum atomic E-state index is -4.33. The van der Waals surface area contributed by atoms with Crippen molar-refractivity contribution in [2.75, 3.05) is 5.32 Å². The second-order valence-corrected chi connectivity index (χ2v) is 5.34. The summed E-state index contributed by atoms with van der Waals surface area (Å²) in [6.45, 7) is 0. The molecule has 1 aliphatic rings. The number of hydrogen-bond acceptors (Lipinski definition) is 2. The van der Waals surface area contributed by atoms with Crippen molar-refractivity contribution in [3.8, 4) is 0 Å². The first-order chi connectivity index (χ1) is 11.0. The fourth-order valence-corrected chi connectivity index (χ4v) is 2.75. The number of nitrogens with zero attached hydrogens (tertiary/aromatic N) is 1. The van der Waals surface area contributed by atoms with Gasteiger partial charge in [0.05, 0.1) is 11.3 Å². The van der Waals surface area contributed by atoms with E-state index in [9.17, 15) is 13.2 Å². The second-order valence-electron chi connectivity index (χ2n) is 5.34. The van der Waals surface area contributed by atoms with Crippen molar-refractivity contribution in [1.82, 2.24) is 0 Å². The summed E-state index contributed by atoms with van der Waals surface area (Å²) in [5.74, 6) is 0.546. The highest BCUT2D eigenvalue weighted by Gasteiger charge is 2.30. The Kier molecular flexibility index (Phi) is 3.97. The van der Waals surface area contributed by atoms with Crippen LogP contribution < -0.4 is 5.32 Å². The summed E-state index contributed by atoms with van der Waals surface area (Å²) in [4.78, 5) is 4.55. The summed E-state index contributed by atoms with van der Waals surface area (Å²) >= 11 is 0. The van der Waals surface area contributed by atoms with Crippen LogP contribution in [0.1, 0.15) is 11.1 Å². The maximum Gasteiger partial charge on any atom is 0.416 e. The van der Waals surface area contributed by atoms with Gasteiger partial charge in [0.15, 0.2) is 0 Å². The Bertz CT molecular complexity index is 926. The van der Waals surface area contributed by atoms with Crippen LogP contribution in [0.25, 0.3) is 10.8 Å². The third kappa shape index (κ3) is 2.71. The van der Waals surface area contributed by atoms with Crippen LogP contribution in [-0.4, -0.2) is 5.84 Å². The number of benzene rings is 3. The molecule has 3 aromatic rings. The number of rotatable bonds is 1. The molecule has 0 fully saturated rings. The summed E-state index contributed by atoms with van der Waals surface area (Å²) < 4.78 is 38.0. The molecular formula is C18H12ClF3N2. The SMILES string of the molecule is Cl.FC(F)(F)c1ccc(C2=Nc3cccc4cccc(c34)N2)cc1. The molecule has 0 saturated carbocycles. The van der Waals surface area contributed by atoms with Crippen molar-refractivity contribution in [2.24, 2.45) is 4.99 Å². The molecule has 1 heterocycles. The van der Waals surface area contributed by atoms with E-state index >= 15 is 0 Å². The summed E-state index contributed by atoms with van der Waals surface area (Å²) in [7, 11) is 0. The Balaban J connectivity index is 0.00000169. The first-order valence-corrected chi connectivity index (χ1v) is 7.07. The maximum absolute atomic E-state index is 12.7. The Morgan fingerprint density at radius 1 is 0.833 bits per heavy atom. The molecule has 0 unspecified atom stereocenters. The molecule has 0 bridgehead atoms. The van der Waals surface area contributed by atoms with Crippen LogP contribution in [0.4, 0.5) is 24.5 Å². The zero-order chi connectivity index (χ0) is 16.0. The lowest BCUT2D eigenvalue weighted by molar-refractivity contribution is -0.137. The van der Waals surface area contributed by atoms with Crippen LogP contribution >= 0.6 is 12.4 Å². The van der Waals surface area contributed by atoms with E-state index in [-0.39, 0.29) is 12.4 Å². The average molecular weight is 349 g/mol. The van der Waals surface area contributed by atoms with E-state index < -0.39 is 11.7 Å². The van der Waals surface area contributed by atoms with Crippen LogP contribution in [-0.2, 0) is 6.18 Å². The molecule has 0 spiro atoms. The first kappa shape index (κ1) is 16.3. The Morgan fingerprint density at radius 3 is 2.17 bits per heavy atom. The van der Waals surface area contributed by atoms with Crippen molar-refractivity contribution in [1.29, 1.82) is 0 Å². The molecule has 0 atom stereocenters. The van der Waals surface area contributed by atoms with Gasteiger partial charge in [-0.1, -0.05) is 36.4 Å². The number of anilines is 1. The summed E-state index contributed by atoms with van der Waals surface area (Å²) in [6, 6.07) is 16.7. The normalized spacial score (nSPS) is 13.0. The van der Waals surface area contributed by atoms with Crippen molar-refractivity contribution >= 4 is 40.4 Å². The zero-order valence-electron chi connectivity index (χ0n) is 12.3. The largest absolute Gasteiger partial charge is 0.416 e. The quantitative estimate of drug-likeness (QED) is 0.592. The molecule has 122 valence electrons. The van der Waals surface area contributed by atoms with Crippen LogP contribution in [0.5, 0.6) is 0 Å². The van der Waals surface area contributed by atoms with E-state index in [0.717, 1.165) is 34.3 Å².